The Morgan fingerprint density at radius 3 is 2.88 bits per heavy atom. The number of H-pyrrole nitrogens is 1. The molecule has 0 saturated carbocycles. The van der Waals surface area contributed by atoms with Crippen molar-refractivity contribution >= 4 is 44.9 Å². The summed E-state index contributed by atoms with van der Waals surface area (Å²) in [5.74, 6) is 0.441. The highest BCUT2D eigenvalue weighted by atomic mass is 79.9. The molecule has 0 unspecified atom stereocenters. The van der Waals surface area contributed by atoms with E-state index in [1.807, 2.05) is 42.5 Å². The number of amides is 1. The van der Waals surface area contributed by atoms with Crippen molar-refractivity contribution < 1.29 is 14.6 Å². The molecule has 3 rings (SSSR count). The molecule has 26 heavy (non-hydrogen) atoms. The van der Waals surface area contributed by atoms with E-state index in [-0.39, 0.29) is 19.1 Å². The number of aliphatic hydroxyl groups excluding tert-OH is 1. The van der Waals surface area contributed by atoms with E-state index in [0.717, 1.165) is 21.1 Å². The predicted molar refractivity (Wildman–Crippen MR) is 105 cm³/mol. The van der Waals surface area contributed by atoms with E-state index in [1.54, 1.807) is 13.3 Å². The van der Waals surface area contributed by atoms with Crippen LogP contribution in [0.2, 0.25) is 0 Å². The van der Waals surface area contributed by atoms with Gasteiger partial charge in [0.05, 0.1) is 36.9 Å². The lowest BCUT2D eigenvalue weighted by Gasteiger charge is -2.04. The van der Waals surface area contributed by atoms with Crippen LogP contribution in [-0.4, -0.2) is 41.2 Å². The van der Waals surface area contributed by atoms with Gasteiger partial charge in [0, 0.05) is 21.9 Å². The fourth-order valence-electron chi connectivity index (χ4n) is 2.60. The number of hydrogen-bond acceptors (Lipinski definition) is 4. The Kier molecular flexibility index (Phi) is 5.70. The number of fused-ring (bicyclic) bond motifs is 1. The maximum atomic E-state index is 12.6. The molecule has 3 N–H and O–H groups in total. The maximum absolute atomic E-state index is 12.6. The number of ether oxygens (including phenoxy) is 1. The zero-order valence-electron chi connectivity index (χ0n) is 14.1. The van der Waals surface area contributed by atoms with Gasteiger partial charge in [0.1, 0.15) is 5.75 Å². The highest BCUT2D eigenvalue weighted by molar-refractivity contribution is 9.10. The molecule has 0 aliphatic carbocycles. The van der Waals surface area contributed by atoms with E-state index < -0.39 is 0 Å². The third kappa shape index (κ3) is 3.95. The van der Waals surface area contributed by atoms with E-state index in [2.05, 4.69) is 31.2 Å². The number of carbonyl (C=O) groups excluding carboxylic acids is 1. The molecular weight excluding hydrogens is 398 g/mol. The number of nitrogens with one attached hydrogen (secondary N) is 2. The van der Waals surface area contributed by atoms with Gasteiger partial charge in [-0.25, -0.2) is 0 Å². The molecule has 0 radical (unpaired) electrons. The third-order valence-corrected chi connectivity index (χ3v) is 4.32. The summed E-state index contributed by atoms with van der Waals surface area (Å²) >= 11 is 3.44. The van der Waals surface area contributed by atoms with Gasteiger partial charge in [-0.05, 0) is 36.4 Å². The average Bonchev–Trinajstić information content (AvgIpc) is 3.02. The van der Waals surface area contributed by atoms with Crippen molar-refractivity contribution in [3.63, 3.8) is 0 Å². The molecule has 3 aromatic rings. The second kappa shape index (κ2) is 8.16. The molecule has 0 spiro atoms. The van der Waals surface area contributed by atoms with Crippen LogP contribution in [0.3, 0.4) is 0 Å². The van der Waals surface area contributed by atoms with Crippen LogP contribution in [0.25, 0.3) is 23.1 Å². The minimum atomic E-state index is -0.241. The Morgan fingerprint density at radius 1 is 1.35 bits per heavy atom. The Hall–Kier alpha value is -2.64. The Labute approximate surface area is 159 Å². The fourth-order valence-corrected chi connectivity index (χ4v) is 2.96. The van der Waals surface area contributed by atoms with E-state index in [9.17, 15) is 4.79 Å². The molecule has 0 atom stereocenters. The molecule has 6 nitrogen and oxygen atoms in total. The summed E-state index contributed by atoms with van der Waals surface area (Å²) in [6.45, 7) is 0.0891. The van der Waals surface area contributed by atoms with Gasteiger partial charge in [0.25, 0.3) is 5.91 Å². The first-order chi connectivity index (χ1) is 12.6. The van der Waals surface area contributed by atoms with Gasteiger partial charge in [0.15, 0.2) is 0 Å². The number of hydrogen-bond donors (Lipinski definition) is 3. The van der Waals surface area contributed by atoms with Crippen LogP contribution in [0.5, 0.6) is 5.75 Å². The minimum Gasteiger partial charge on any atom is -0.495 e. The molecule has 1 aromatic carbocycles. The highest BCUT2D eigenvalue weighted by Crippen LogP contribution is 2.27. The number of rotatable bonds is 6. The number of halogens is 1. The van der Waals surface area contributed by atoms with Crippen LogP contribution in [0.15, 0.2) is 41.0 Å². The van der Waals surface area contributed by atoms with Crippen LogP contribution in [-0.2, 0) is 0 Å². The zero-order valence-corrected chi connectivity index (χ0v) is 15.7. The van der Waals surface area contributed by atoms with E-state index in [0.29, 0.717) is 17.0 Å². The summed E-state index contributed by atoms with van der Waals surface area (Å²) in [5.41, 5.74) is 2.79. The zero-order chi connectivity index (χ0) is 18.5. The predicted octanol–water partition coefficient (Wildman–Crippen LogP) is 3.23. The van der Waals surface area contributed by atoms with E-state index in [4.69, 9.17) is 9.84 Å². The van der Waals surface area contributed by atoms with Crippen molar-refractivity contribution in [3.05, 3.63) is 58.0 Å². The number of aromatic nitrogens is 2. The van der Waals surface area contributed by atoms with E-state index in [1.165, 1.54) is 0 Å². The highest BCUT2D eigenvalue weighted by Gasteiger charge is 2.17. The van der Waals surface area contributed by atoms with Crippen molar-refractivity contribution in [1.29, 1.82) is 0 Å². The molecule has 0 saturated heterocycles. The summed E-state index contributed by atoms with van der Waals surface area (Å²) in [6.07, 6.45) is 5.27. The quantitative estimate of drug-likeness (QED) is 0.576. The monoisotopic (exact) mass is 415 g/mol. The van der Waals surface area contributed by atoms with Crippen LogP contribution < -0.4 is 10.1 Å². The SMILES string of the molecule is COc1ccc(/C=C/c2[nH]c3cc(Br)ccc3c2C(=O)NCCO)nc1. The summed E-state index contributed by atoms with van der Waals surface area (Å²) in [6, 6.07) is 9.34. The van der Waals surface area contributed by atoms with Gasteiger partial charge in [0.2, 0.25) is 0 Å². The smallest absolute Gasteiger partial charge is 0.254 e. The summed E-state index contributed by atoms with van der Waals surface area (Å²) < 4.78 is 6.02. The molecule has 0 bridgehead atoms. The van der Waals surface area contributed by atoms with Gasteiger partial charge in [-0.3, -0.25) is 9.78 Å². The van der Waals surface area contributed by atoms with Crippen molar-refractivity contribution in [2.24, 2.45) is 0 Å². The number of carbonyl (C=O) groups is 1. The average molecular weight is 416 g/mol. The van der Waals surface area contributed by atoms with Crippen molar-refractivity contribution in [1.82, 2.24) is 15.3 Å². The fraction of sp³-hybridized carbons (Fsp3) is 0.158. The molecule has 1 amide bonds. The maximum Gasteiger partial charge on any atom is 0.254 e. The van der Waals surface area contributed by atoms with Gasteiger partial charge >= 0.3 is 0 Å². The number of nitrogens with zero attached hydrogens (tertiary/aromatic N) is 1. The summed E-state index contributed by atoms with van der Waals surface area (Å²) in [7, 11) is 1.59. The van der Waals surface area contributed by atoms with Crippen LogP contribution in [0, 0.1) is 0 Å². The van der Waals surface area contributed by atoms with Crippen molar-refractivity contribution in [2.45, 2.75) is 0 Å². The number of aromatic amines is 1. The first-order valence-corrected chi connectivity index (χ1v) is 8.80. The Balaban J connectivity index is 1.99. The molecular formula is C19H18BrN3O3. The second-order valence-electron chi connectivity index (χ2n) is 5.54. The minimum absolute atomic E-state index is 0.111. The number of pyridine rings is 1. The van der Waals surface area contributed by atoms with Gasteiger partial charge in [-0.1, -0.05) is 22.0 Å². The lowest BCUT2D eigenvalue weighted by molar-refractivity contribution is 0.0946. The topological polar surface area (TPSA) is 87.2 Å². The standard InChI is InChI=1S/C19H18BrN3O3/c1-26-14-5-3-13(22-11-14)4-7-16-18(19(25)21-8-9-24)15-6-2-12(20)10-17(15)23-16/h2-7,10-11,23-24H,8-9H2,1H3,(H,21,25)/b7-4+. The first kappa shape index (κ1) is 18.2. The van der Waals surface area contributed by atoms with Crippen molar-refractivity contribution in [2.75, 3.05) is 20.3 Å². The normalized spacial score (nSPS) is 11.2. The Bertz CT molecular complexity index is 949. The largest absolute Gasteiger partial charge is 0.495 e. The summed E-state index contributed by atoms with van der Waals surface area (Å²) in [5, 5.41) is 12.5. The van der Waals surface area contributed by atoms with Crippen LogP contribution in [0.4, 0.5) is 0 Å². The molecule has 2 heterocycles. The molecule has 0 fully saturated rings. The van der Waals surface area contributed by atoms with E-state index >= 15 is 0 Å². The van der Waals surface area contributed by atoms with Gasteiger partial charge in [-0.2, -0.15) is 0 Å². The van der Waals surface area contributed by atoms with Gasteiger partial charge < -0.3 is 20.1 Å². The van der Waals surface area contributed by atoms with Gasteiger partial charge in [-0.15, -0.1) is 0 Å². The van der Waals surface area contributed by atoms with Crippen molar-refractivity contribution in [3.8, 4) is 5.75 Å². The summed E-state index contributed by atoms with van der Waals surface area (Å²) in [4.78, 5) is 20.1. The second-order valence-corrected chi connectivity index (χ2v) is 6.45. The molecule has 0 aliphatic heterocycles. The molecule has 134 valence electrons. The number of benzene rings is 1. The lowest BCUT2D eigenvalue weighted by atomic mass is 10.1. The van der Waals surface area contributed by atoms with Crippen LogP contribution in [0.1, 0.15) is 21.7 Å². The number of methoxy groups -OCH3 is 1. The molecule has 7 heteroatoms. The number of aliphatic hydroxyl groups is 1. The van der Waals surface area contributed by atoms with Crippen LogP contribution >= 0.6 is 15.9 Å². The first-order valence-electron chi connectivity index (χ1n) is 8.01. The molecule has 2 aromatic heterocycles. The molecule has 0 aliphatic rings. The third-order valence-electron chi connectivity index (χ3n) is 3.83. The lowest BCUT2D eigenvalue weighted by Crippen LogP contribution is -2.26. The Morgan fingerprint density at radius 2 is 2.19 bits per heavy atom.